The maximum Gasteiger partial charge on any atom is 0.416 e. The minimum absolute atomic E-state index is 0. The maximum atomic E-state index is 12.7. The van der Waals surface area contributed by atoms with Crippen LogP contribution in [0.25, 0.3) is 0 Å². The predicted octanol–water partition coefficient (Wildman–Crippen LogP) is 3.32. The van der Waals surface area contributed by atoms with Crippen molar-refractivity contribution in [3.8, 4) is 5.75 Å². The van der Waals surface area contributed by atoms with Crippen molar-refractivity contribution < 1.29 is 17.9 Å². The number of alkyl halides is 3. The lowest BCUT2D eigenvalue weighted by atomic mass is 10.00. The van der Waals surface area contributed by atoms with E-state index in [-0.39, 0.29) is 23.7 Å². The molecule has 0 fully saturated rings. The molecule has 0 unspecified atom stereocenters. The molecule has 96 valence electrons. The fourth-order valence-electron chi connectivity index (χ4n) is 1.33. The normalized spacial score (nSPS) is 12.5. The molecular weight excluding hydrogens is 255 g/mol. The average Bonchev–Trinajstić information content (AvgIpc) is 2.26. The van der Waals surface area contributed by atoms with Crippen LogP contribution < -0.4 is 10.5 Å². The van der Waals surface area contributed by atoms with Gasteiger partial charge in [-0.15, -0.1) is 19.0 Å². The molecule has 0 bridgehead atoms. The highest BCUT2D eigenvalue weighted by atomic mass is 35.5. The Hall–Kier alpha value is -1.20. The average molecular weight is 268 g/mol. The Labute approximate surface area is 104 Å². The number of methoxy groups -OCH3 is 1. The van der Waals surface area contributed by atoms with Crippen LogP contribution in [0.3, 0.4) is 0 Å². The van der Waals surface area contributed by atoms with Gasteiger partial charge in [-0.25, -0.2) is 0 Å². The standard InChI is InChI=1S/C11H12F3NO.ClH/c1-3-10(15)8-5-4-7(16-2)6-9(8)11(12,13)14;/h3-6,10H,1,15H2,2H3;1H/t10-;/m1./s1. The zero-order valence-electron chi connectivity index (χ0n) is 9.12. The number of benzene rings is 1. The molecule has 0 saturated heterocycles. The summed E-state index contributed by atoms with van der Waals surface area (Å²) < 4.78 is 42.9. The molecular formula is C11H13ClF3NO. The Morgan fingerprint density at radius 3 is 2.41 bits per heavy atom. The summed E-state index contributed by atoms with van der Waals surface area (Å²) in [6, 6.07) is 2.82. The summed E-state index contributed by atoms with van der Waals surface area (Å²) in [6.45, 7) is 3.38. The lowest BCUT2D eigenvalue weighted by Gasteiger charge is -2.16. The molecule has 6 heteroatoms. The van der Waals surface area contributed by atoms with Gasteiger partial charge in [-0.05, 0) is 17.7 Å². The smallest absolute Gasteiger partial charge is 0.416 e. The third-order valence-corrected chi connectivity index (χ3v) is 2.18. The fourth-order valence-corrected chi connectivity index (χ4v) is 1.33. The van der Waals surface area contributed by atoms with E-state index in [1.807, 2.05) is 0 Å². The molecule has 0 saturated carbocycles. The molecule has 1 aromatic rings. The largest absolute Gasteiger partial charge is 0.497 e. The van der Waals surface area contributed by atoms with E-state index in [0.29, 0.717) is 0 Å². The second kappa shape index (κ2) is 5.93. The van der Waals surface area contributed by atoms with Crippen molar-refractivity contribution in [2.45, 2.75) is 12.2 Å². The lowest BCUT2D eigenvalue weighted by Crippen LogP contribution is -2.16. The van der Waals surface area contributed by atoms with Crippen molar-refractivity contribution in [1.29, 1.82) is 0 Å². The Bertz CT molecular complexity index is 393. The molecule has 0 amide bonds. The molecule has 0 aromatic heterocycles. The second-order valence-electron chi connectivity index (χ2n) is 3.21. The highest BCUT2D eigenvalue weighted by molar-refractivity contribution is 5.85. The lowest BCUT2D eigenvalue weighted by molar-refractivity contribution is -0.138. The first-order valence-corrected chi connectivity index (χ1v) is 4.53. The van der Waals surface area contributed by atoms with Crippen LogP contribution in [0.4, 0.5) is 13.2 Å². The van der Waals surface area contributed by atoms with Gasteiger partial charge in [0.2, 0.25) is 0 Å². The minimum atomic E-state index is -4.45. The van der Waals surface area contributed by atoms with Gasteiger partial charge in [-0.1, -0.05) is 12.1 Å². The van der Waals surface area contributed by atoms with Gasteiger partial charge < -0.3 is 10.5 Å². The zero-order chi connectivity index (χ0) is 12.3. The minimum Gasteiger partial charge on any atom is -0.497 e. The molecule has 2 N–H and O–H groups in total. The van der Waals surface area contributed by atoms with Gasteiger partial charge in [-0.2, -0.15) is 13.2 Å². The third-order valence-electron chi connectivity index (χ3n) is 2.18. The van der Waals surface area contributed by atoms with Gasteiger partial charge in [0.15, 0.2) is 0 Å². The van der Waals surface area contributed by atoms with E-state index in [2.05, 4.69) is 6.58 Å². The van der Waals surface area contributed by atoms with Crippen molar-refractivity contribution >= 4 is 12.4 Å². The number of ether oxygens (including phenoxy) is 1. The molecule has 0 heterocycles. The predicted molar refractivity (Wildman–Crippen MR) is 62.4 cm³/mol. The number of halogens is 4. The molecule has 1 rings (SSSR count). The summed E-state index contributed by atoms with van der Waals surface area (Å²) in [7, 11) is 1.31. The van der Waals surface area contributed by atoms with Crippen LogP contribution in [-0.4, -0.2) is 7.11 Å². The second-order valence-corrected chi connectivity index (χ2v) is 3.21. The molecule has 17 heavy (non-hydrogen) atoms. The van der Waals surface area contributed by atoms with Crippen LogP contribution in [0, 0.1) is 0 Å². The molecule has 1 atom stereocenters. The van der Waals surface area contributed by atoms with Crippen molar-refractivity contribution in [3.63, 3.8) is 0 Å². The van der Waals surface area contributed by atoms with E-state index in [9.17, 15) is 13.2 Å². The first-order chi connectivity index (χ1) is 7.40. The zero-order valence-corrected chi connectivity index (χ0v) is 9.94. The van der Waals surface area contributed by atoms with Crippen molar-refractivity contribution in [1.82, 2.24) is 0 Å². The first-order valence-electron chi connectivity index (χ1n) is 4.53. The Kier molecular flexibility index (Phi) is 5.51. The summed E-state index contributed by atoms with van der Waals surface area (Å²) in [5.41, 5.74) is 4.72. The molecule has 0 aliphatic heterocycles. The van der Waals surface area contributed by atoms with Gasteiger partial charge in [0.1, 0.15) is 5.75 Å². The van der Waals surface area contributed by atoms with Crippen molar-refractivity contribution in [2.75, 3.05) is 7.11 Å². The Morgan fingerprint density at radius 2 is 2.00 bits per heavy atom. The number of rotatable bonds is 3. The van der Waals surface area contributed by atoms with Crippen LogP contribution in [0.1, 0.15) is 17.2 Å². The summed E-state index contributed by atoms with van der Waals surface area (Å²) in [6.07, 6.45) is -3.19. The Balaban J connectivity index is 0.00000256. The Morgan fingerprint density at radius 1 is 1.41 bits per heavy atom. The molecule has 0 aliphatic carbocycles. The summed E-state index contributed by atoms with van der Waals surface area (Å²) in [5, 5.41) is 0. The molecule has 0 spiro atoms. The number of hydrogen-bond donors (Lipinski definition) is 1. The quantitative estimate of drug-likeness (QED) is 0.853. The monoisotopic (exact) mass is 267 g/mol. The fraction of sp³-hybridized carbons (Fsp3) is 0.273. The van der Waals surface area contributed by atoms with E-state index < -0.39 is 17.8 Å². The summed E-state index contributed by atoms with van der Waals surface area (Å²) in [4.78, 5) is 0. The van der Waals surface area contributed by atoms with Gasteiger partial charge in [-0.3, -0.25) is 0 Å². The van der Waals surface area contributed by atoms with E-state index in [1.54, 1.807) is 0 Å². The molecule has 1 aromatic carbocycles. The maximum absolute atomic E-state index is 12.7. The van der Waals surface area contributed by atoms with Crippen LogP contribution in [0.15, 0.2) is 30.9 Å². The molecule has 2 nitrogen and oxygen atoms in total. The van der Waals surface area contributed by atoms with Gasteiger partial charge in [0, 0.05) is 6.04 Å². The number of nitrogens with two attached hydrogens (primary N) is 1. The van der Waals surface area contributed by atoms with Gasteiger partial charge in [0.25, 0.3) is 0 Å². The molecule has 0 aliphatic rings. The SMILES string of the molecule is C=C[C@@H](N)c1ccc(OC)cc1C(F)(F)F.Cl. The van der Waals surface area contributed by atoms with Crippen LogP contribution >= 0.6 is 12.4 Å². The van der Waals surface area contributed by atoms with E-state index in [1.165, 1.54) is 25.3 Å². The number of hydrogen-bond acceptors (Lipinski definition) is 2. The van der Waals surface area contributed by atoms with Gasteiger partial charge >= 0.3 is 6.18 Å². The van der Waals surface area contributed by atoms with E-state index in [4.69, 9.17) is 10.5 Å². The van der Waals surface area contributed by atoms with Crippen LogP contribution in [0.2, 0.25) is 0 Å². The van der Waals surface area contributed by atoms with E-state index >= 15 is 0 Å². The topological polar surface area (TPSA) is 35.2 Å². The highest BCUT2D eigenvalue weighted by Gasteiger charge is 2.34. The van der Waals surface area contributed by atoms with Crippen LogP contribution in [-0.2, 0) is 6.18 Å². The molecule has 0 radical (unpaired) electrons. The summed E-state index contributed by atoms with van der Waals surface area (Å²) in [5.74, 6) is 0.146. The third kappa shape index (κ3) is 3.64. The summed E-state index contributed by atoms with van der Waals surface area (Å²) >= 11 is 0. The van der Waals surface area contributed by atoms with Crippen molar-refractivity contribution in [2.24, 2.45) is 5.73 Å². The van der Waals surface area contributed by atoms with Crippen molar-refractivity contribution in [3.05, 3.63) is 42.0 Å². The highest BCUT2D eigenvalue weighted by Crippen LogP contribution is 2.36. The van der Waals surface area contributed by atoms with E-state index in [0.717, 1.165) is 6.07 Å². The van der Waals surface area contributed by atoms with Gasteiger partial charge in [0.05, 0.1) is 12.7 Å². The first kappa shape index (κ1) is 15.8. The van der Waals surface area contributed by atoms with Crippen LogP contribution in [0.5, 0.6) is 5.75 Å².